The topological polar surface area (TPSA) is 79.8 Å². The van der Waals surface area contributed by atoms with Gasteiger partial charge in [-0.1, -0.05) is 24.3 Å². The maximum absolute atomic E-state index is 14.4. The molecule has 1 aromatic heterocycles. The molecule has 0 radical (unpaired) electrons. The molecule has 2 heterocycles. The lowest BCUT2D eigenvalue weighted by atomic mass is 10.1. The molecule has 1 aliphatic heterocycles. The maximum atomic E-state index is 14.4. The van der Waals surface area contributed by atoms with Gasteiger partial charge < -0.3 is 24.6 Å². The molecule has 0 unspecified atom stereocenters. The molecule has 5 rings (SSSR count). The van der Waals surface area contributed by atoms with E-state index < -0.39 is 11.7 Å². The predicted molar refractivity (Wildman–Crippen MR) is 149 cm³/mol. The van der Waals surface area contributed by atoms with Gasteiger partial charge in [-0.2, -0.15) is 4.98 Å². The first-order chi connectivity index (χ1) is 18.4. The number of hydrogen-bond acceptors (Lipinski definition) is 7. The van der Waals surface area contributed by atoms with E-state index in [4.69, 9.17) is 9.47 Å². The van der Waals surface area contributed by atoms with Crippen molar-refractivity contribution in [1.29, 1.82) is 0 Å². The van der Waals surface area contributed by atoms with Gasteiger partial charge in [-0.25, -0.2) is 9.37 Å². The largest absolute Gasteiger partial charge is 0.438 e. The summed E-state index contributed by atoms with van der Waals surface area (Å²) in [5, 5.41) is 4.54. The predicted octanol–water partition coefficient (Wildman–Crippen LogP) is 5.74. The first kappa shape index (κ1) is 25.4. The highest BCUT2D eigenvalue weighted by molar-refractivity contribution is 6.10. The fourth-order valence-electron chi connectivity index (χ4n) is 4.28. The second-order valence-corrected chi connectivity index (χ2v) is 9.41. The highest BCUT2D eigenvalue weighted by Gasteiger charge is 2.17. The molecule has 1 amide bonds. The van der Waals surface area contributed by atoms with E-state index in [0.29, 0.717) is 55.3 Å². The van der Waals surface area contributed by atoms with Crippen LogP contribution in [0.1, 0.15) is 25.6 Å². The Balaban J connectivity index is 0.00000353. The van der Waals surface area contributed by atoms with Gasteiger partial charge in [-0.15, -0.1) is 0 Å². The number of morpholine rings is 1. The first-order valence-corrected chi connectivity index (χ1v) is 12.6. The third-order valence-corrected chi connectivity index (χ3v) is 6.58. The second-order valence-electron chi connectivity index (χ2n) is 9.41. The normalized spacial score (nSPS) is 13.6. The molecule has 9 heteroatoms. The van der Waals surface area contributed by atoms with Gasteiger partial charge in [0.2, 0.25) is 11.8 Å². The van der Waals surface area contributed by atoms with Crippen molar-refractivity contribution >= 4 is 34.0 Å². The molecular weight excluding hydrogens is 485 g/mol. The van der Waals surface area contributed by atoms with E-state index in [1.54, 1.807) is 30.5 Å². The van der Waals surface area contributed by atoms with E-state index >= 15 is 0 Å². The Morgan fingerprint density at radius 2 is 1.87 bits per heavy atom. The van der Waals surface area contributed by atoms with Crippen molar-refractivity contribution in [3.05, 3.63) is 78.2 Å². The van der Waals surface area contributed by atoms with E-state index in [9.17, 15) is 9.18 Å². The van der Waals surface area contributed by atoms with Crippen LogP contribution in [0.15, 0.2) is 66.9 Å². The molecule has 198 valence electrons. The van der Waals surface area contributed by atoms with E-state index in [-0.39, 0.29) is 13.0 Å². The van der Waals surface area contributed by atoms with Crippen LogP contribution >= 0.6 is 0 Å². The van der Waals surface area contributed by atoms with Crippen molar-refractivity contribution in [2.24, 2.45) is 0 Å². The number of rotatable bonds is 7. The lowest BCUT2D eigenvalue weighted by molar-refractivity contribution is 0.102. The average molecular weight is 518 g/mol. The zero-order chi connectivity index (χ0) is 26.6. The van der Waals surface area contributed by atoms with Gasteiger partial charge in [0.15, 0.2) is 0 Å². The zero-order valence-electron chi connectivity index (χ0n) is 21.6. The number of benzene rings is 3. The van der Waals surface area contributed by atoms with Crippen LogP contribution in [0.2, 0.25) is 0 Å². The van der Waals surface area contributed by atoms with Crippen LogP contribution in [0.5, 0.6) is 11.6 Å². The number of nitrogens with zero attached hydrogens (tertiary/aromatic N) is 4. The Bertz CT molecular complexity index is 1460. The van der Waals surface area contributed by atoms with Crippen LogP contribution in [-0.4, -0.2) is 55.3 Å². The lowest BCUT2D eigenvalue weighted by Crippen LogP contribution is -2.36. The first-order valence-electron chi connectivity index (χ1n) is 12.6. The molecule has 4 aromatic rings. The number of amides is 1. The molecule has 1 fully saturated rings. The van der Waals surface area contributed by atoms with Gasteiger partial charge >= 0.3 is 0 Å². The summed E-state index contributed by atoms with van der Waals surface area (Å²) in [6.45, 7) is 6.57. The number of carbonyl (C=O) groups is 1. The van der Waals surface area contributed by atoms with Crippen molar-refractivity contribution < 1.29 is 20.1 Å². The van der Waals surface area contributed by atoms with Gasteiger partial charge in [-0.05, 0) is 44.2 Å². The van der Waals surface area contributed by atoms with Crippen LogP contribution < -0.4 is 19.9 Å². The monoisotopic (exact) mass is 517 g/mol. The van der Waals surface area contributed by atoms with E-state index in [0.717, 1.165) is 10.8 Å². The van der Waals surface area contributed by atoms with Crippen molar-refractivity contribution in [3.63, 3.8) is 0 Å². The Morgan fingerprint density at radius 3 is 2.63 bits per heavy atom. The standard InChI is InChI=1S/C29H30FN5O3.H2/c1-19(2)34(3)29-31-11-10-27(33-29)38-26-9-8-25(23-6-4-5-7-24(23)26)32-28(36)20-16-21(30)18-22(17-20)35-12-14-37-15-13-35;/h4-11,16-19H,12-15H2,1-3H3,(H,32,36);1H. The minimum atomic E-state index is -0.458. The van der Waals surface area contributed by atoms with Crippen LogP contribution in [0.4, 0.5) is 21.7 Å². The van der Waals surface area contributed by atoms with Crippen LogP contribution in [0.25, 0.3) is 10.8 Å². The summed E-state index contributed by atoms with van der Waals surface area (Å²) < 4.78 is 26.0. The van der Waals surface area contributed by atoms with Crippen molar-refractivity contribution in [2.45, 2.75) is 19.9 Å². The number of aromatic nitrogens is 2. The number of fused-ring (bicyclic) bond motifs is 1. The van der Waals surface area contributed by atoms with E-state index in [2.05, 4.69) is 29.1 Å². The second kappa shape index (κ2) is 11.0. The van der Waals surface area contributed by atoms with Gasteiger partial charge in [0, 0.05) is 67.6 Å². The smallest absolute Gasteiger partial charge is 0.255 e. The number of nitrogens with one attached hydrogen (secondary N) is 1. The molecule has 8 nitrogen and oxygen atoms in total. The number of carbonyl (C=O) groups excluding carboxylic acids is 1. The van der Waals surface area contributed by atoms with Gasteiger partial charge in [0.25, 0.3) is 5.91 Å². The average Bonchev–Trinajstić information content (AvgIpc) is 2.94. The third kappa shape index (κ3) is 5.52. The highest BCUT2D eigenvalue weighted by Crippen LogP contribution is 2.34. The van der Waals surface area contributed by atoms with Crippen molar-refractivity contribution in [2.75, 3.05) is 48.5 Å². The molecule has 3 aromatic carbocycles. The summed E-state index contributed by atoms with van der Waals surface area (Å²) in [6.07, 6.45) is 1.66. The van der Waals surface area contributed by atoms with Crippen LogP contribution in [-0.2, 0) is 4.74 Å². The molecule has 1 saturated heterocycles. The summed E-state index contributed by atoms with van der Waals surface area (Å²) in [6, 6.07) is 17.5. The minimum absolute atomic E-state index is 0. The minimum Gasteiger partial charge on any atom is -0.438 e. The van der Waals surface area contributed by atoms with Crippen molar-refractivity contribution in [1.82, 2.24) is 9.97 Å². The Hall–Kier alpha value is -4.24. The number of anilines is 3. The van der Waals surface area contributed by atoms with Gasteiger partial charge in [-0.3, -0.25) is 4.79 Å². The fraction of sp³-hybridized carbons (Fsp3) is 0.276. The van der Waals surface area contributed by atoms with Crippen LogP contribution in [0, 0.1) is 5.82 Å². The van der Waals surface area contributed by atoms with Gasteiger partial charge in [0.05, 0.1) is 13.2 Å². The van der Waals surface area contributed by atoms with Gasteiger partial charge in [0.1, 0.15) is 11.6 Å². The molecule has 1 aliphatic rings. The number of hydrogen-bond donors (Lipinski definition) is 1. The summed E-state index contributed by atoms with van der Waals surface area (Å²) in [4.78, 5) is 26.0. The summed E-state index contributed by atoms with van der Waals surface area (Å²) >= 11 is 0. The molecule has 38 heavy (non-hydrogen) atoms. The summed E-state index contributed by atoms with van der Waals surface area (Å²) in [5.74, 6) is 0.725. The zero-order valence-corrected chi connectivity index (χ0v) is 21.6. The Kier molecular flexibility index (Phi) is 7.37. The van der Waals surface area contributed by atoms with Crippen molar-refractivity contribution in [3.8, 4) is 11.6 Å². The molecule has 1 N–H and O–H groups in total. The molecule has 0 atom stereocenters. The van der Waals surface area contributed by atoms with E-state index in [1.165, 1.54) is 12.1 Å². The fourth-order valence-corrected chi connectivity index (χ4v) is 4.28. The third-order valence-electron chi connectivity index (χ3n) is 6.58. The van der Waals surface area contributed by atoms with Crippen LogP contribution in [0.3, 0.4) is 0 Å². The highest BCUT2D eigenvalue weighted by atomic mass is 19.1. The SMILES string of the molecule is CC(C)N(C)c1nccc(Oc2ccc(NC(=O)c3cc(F)cc(N4CCOCC4)c3)c3ccccc23)n1.[HH]. The maximum Gasteiger partial charge on any atom is 0.255 e. The number of halogens is 1. The summed E-state index contributed by atoms with van der Waals surface area (Å²) in [5.41, 5.74) is 1.51. The number of ether oxygens (including phenoxy) is 2. The Morgan fingerprint density at radius 1 is 1.11 bits per heavy atom. The molecule has 0 aliphatic carbocycles. The van der Waals surface area contributed by atoms with E-state index in [1.807, 2.05) is 41.1 Å². The molecule has 0 bridgehead atoms. The molecule has 0 spiro atoms. The lowest BCUT2D eigenvalue weighted by Gasteiger charge is -2.29. The Labute approximate surface area is 222 Å². The molecular formula is C29H32FN5O3. The summed E-state index contributed by atoms with van der Waals surface area (Å²) in [7, 11) is 1.93. The molecule has 0 saturated carbocycles. The quantitative estimate of drug-likeness (QED) is 0.335.